The lowest BCUT2D eigenvalue weighted by molar-refractivity contribution is -0.137. The Balaban J connectivity index is 1.70. The largest absolute Gasteiger partial charge is 0.416 e. The number of rotatable bonds is 5. The number of amides is 2. The third kappa shape index (κ3) is 6.45. The quantitative estimate of drug-likeness (QED) is 0.403. The van der Waals surface area contributed by atoms with Gasteiger partial charge < -0.3 is 16.1 Å². The van der Waals surface area contributed by atoms with Crippen molar-refractivity contribution in [2.75, 3.05) is 13.1 Å². The first-order valence-electron chi connectivity index (χ1n) is 9.77. The summed E-state index contributed by atoms with van der Waals surface area (Å²) in [5, 5.41) is 4.24. The van der Waals surface area contributed by atoms with Gasteiger partial charge in [0.2, 0.25) is 0 Å². The van der Waals surface area contributed by atoms with Crippen molar-refractivity contribution in [3.8, 4) is 0 Å². The third-order valence-corrected chi connectivity index (χ3v) is 8.03. The van der Waals surface area contributed by atoms with Crippen LogP contribution in [-0.2, 0) is 17.2 Å². The number of halogens is 5. The van der Waals surface area contributed by atoms with E-state index in [1.807, 2.05) is 0 Å². The molecule has 1 aliphatic heterocycles. The number of nitrogens with zero attached hydrogens (tertiary/aromatic N) is 1. The second-order valence-corrected chi connectivity index (χ2v) is 10.6. The molecule has 3 rings (SSSR count). The molecular formula is C20H20Cl2F3N5O2S2. The molecule has 34 heavy (non-hydrogen) atoms. The number of hydrazine groups is 1. The van der Waals surface area contributed by atoms with Crippen molar-refractivity contribution in [2.24, 2.45) is 11.6 Å². The summed E-state index contributed by atoms with van der Waals surface area (Å²) in [5.41, 5.74) is 7.29. The molecule has 1 unspecified atom stereocenters. The SMILES string of the molecule is N/C(=C1/C(=C/CNC(=O)NS(=O)c2cc(Cl)c(Cl)s2)CCCN1N)c1ccc(C(F)(F)F)cc1. The van der Waals surface area contributed by atoms with E-state index in [1.54, 1.807) is 6.08 Å². The summed E-state index contributed by atoms with van der Waals surface area (Å²) in [6.07, 6.45) is -1.42. The number of alkyl halides is 3. The van der Waals surface area contributed by atoms with Crippen molar-refractivity contribution in [1.29, 1.82) is 0 Å². The van der Waals surface area contributed by atoms with Gasteiger partial charge in [-0.1, -0.05) is 41.4 Å². The van der Waals surface area contributed by atoms with Gasteiger partial charge >= 0.3 is 12.2 Å². The number of piperidine rings is 1. The van der Waals surface area contributed by atoms with Crippen molar-refractivity contribution >= 4 is 57.3 Å². The molecule has 0 radical (unpaired) electrons. The van der Waals surface area contributed by atoms with Gasteiger partial charge in [0.1, 0.15) is 8.55 Å². The molecule has 14 heteroatoms. The maximum atomic E-state index is 12.8. The van der Waals surface area contributed by atoms with Crippen LogP contribution in [0.2, 0.25) is 9.36 Å². The molecule has 0 bridgehead atoms. The summed E-state index contributed by atoms with van der Waals surface area (Å²) >= 11 is 12.7. The van der Waals surface area contributed by atoms with Crippen LogP contribution < -0.4 is 21.6 Å². The number of thiophene rings is 1. The Hall–Kier alpha value is -2.25. The molecule has 0 spiro atoms. The van der Waals surface area contributed by atoms with Crippen LogP contribution in [0.5, 0.6) is 0 Å². The molecule has 1 aromatic carbocycles. The molecule has 2 aromatic rings. The predicted octanol–water partition coefficient (Wildman–Crippen LogP) is 4.62. The average Bonchev–Trinajstić information content (AvgIpc) is 3.11. The van der Waals surface area contributed by atoms with Crippen LogP contribution in [-0.4, -0.2) is 28.3 Å². The van der Waals surface area contributed by atoms with Crippen LogP contribution in [0.3, 0.4) is 0 Å². The normalized spacial score (nSPS) is 18.1. The van der Waals surface area contributed by atoms with Crippen molar-refractivity contribution < 1.29 is 22.2 Å². The third-order valence-electron chi connectivity index (χ3n) is 4.82. The number of allylic oxidation sites excluding steroid dienone is 1. The second-order valence-electron chi connectivity index (χ2n) is 7.13. The number of hydrogen-bond donors (Lipinski definition) is 4. The first kappa shape index (κ1) is 26.4. The highest BCUT2D eigenvalue weighted by Crippen LogP contribution is 2.33. The predicted molar refractivity (Wildman–Crippen MR) is 128 cm³/mol. The van der Waals surface area contributed by atoms with E-state index >= 15 is 0 Å². The highest BCUT2D eigenvalue weighted by atomic mass is 35.5. The summed E-state index contributed by atoms with van der Waals surface area (Å²) in [6.45, 7) is 0.578. The van der Waals surface area contributed by atoms with Gasteiger partial charge in [-0.05, 0) is 42.2 Å². The van der Waals surface area contributed by atoms with Gasteiger partial charge in [-0.25, -0.2) is 14.8 Å². The second kappa shape index (κ2) is 11.0. The number of benzene rings is 1. The number of urea groups is 1. The Morgan fingerprint density at radius 3 is 2.53 bits per heavy atom. The summed E-state index contributed by atoms with van der Waals surface area (Å²) in [4.78, 5) is 12.1. The zero-order chi connectivity index (χ0) is 25.0. The van der Waals surface area contributed by atoms with Crippen molar-refractivity contribution in [3.63, 3.8) is 0 Å². The van der Waals surface area contributed by atoms with Gasteiger partial charge in [0.05, 0.1) is 22.0 Å². The van der Waals surface area contributed by atoms with E-state index in [0.29, 0.717) is 28.4 Å². The standard InChI is InChI=1S/C20H20Cl2F3N5O2S2/c21-14-10-15(33-18(14)22)34(32)29-19(31)28-8-7-12-2-1-9-30(27)17(12)16(26)11-3-5-13(6-4-11)20(23,24)25/h3-7,10H,1-2,8-9,26-27H2,(H2,28,29,31)/b12-7+,17-16-. The van der Waals surface area contributed by atoms with Gasteiger partial charge in [-0.3, -0.25) is 4.72 Å². The lowest BCUT2D eigenvalue weighted by atomic mass is 9.97. The molecule has 2 amide bonds. The number of nitrogens with one attached hydrogen (secondary N) is 2. The van der Waals surface area contributed by atoms with Crippen molar-refractivity contribution in [2.45, 2.75) is 23.2 Å². The van der Waals surface area contributed by atoms with Crippen LogP contribution >= 0.6 is 34.5 Å². The van der Waals surface area contributed by atoms with Crippen LogP contribution in [0.1, 0.15) is 24.0 Å². The Bertz CT molecular complexity index is 1130. The molecule has 7 nitrogen and oxygen atoms in total. The van der Waals surface area contributed by atoms with E-state index in [4.69, 9.17) is 34.8 Å². The molecule has 184 valence electrons. The molecule has 2 heterocycles. The van der Waals surface area contributed by atoms with Crippen LogP contribution in [0.4, 0.5) is 18.0 Å². The number of nitrogens with two attached hydrogens (primary N) is 2. The first-order valence-corrected chi connectivity index (χ1v) is 12.5. The van der Waals surface area contributed by atoms with Crippen LogP contribution in [0, 0.1) is 0 Å². The minimum absolute atomic E-state index is 0.0714. The van der Waals surface area contributed by atoms with E-state index in [-0.39, 0.29) is 21.6 Å². The summed E-state index contributed by atoms with van der Waals surface area (Å²) in [7, 11) is -1.84. The Morgan fingerprint density at radius 1 is 1.26 bits per heavy atom. The fraction of sp³-hybridized carbons (Fsp3) is 0.250. The average molecular weight is 554 g/mol. The van der Waals surface area contributed by atoms with Gasteiger partial charge in [0.25, 0.3) is 0 Å². The molecular weight excluding hydrogens is 534 g/mol. The van der Waals surface area contributed by atoms with Crippen molar-refractivity contribution in [1.82, 2.24) is 15.0 Å². The first-order chi connectivity index (χ1) is 16.0. The van der Waals surface area contributed by atoms with E-state index in [2.05, 4.69) is 10.0 Å². The van der Waals surface area contributed by atoms with Crippen LogP contribution in [0.15, 0.2) is 51.9 Å². The molecule has 1 saturated heterocycles. The summed E-state index contributed by atoms with van der Waals surface area (Å²) < 4.78 is 53.6. The molecule has 0 aliphatic carbocycles. The summed E-state index contributed by atoms with van der Waals surface area (Å²) in [5.74, 6) is 6.10. The van der Waals surface area contributed by atoms with Gasteiger partial charge in [0, 0.05) is 13.1 Å². The van der Waals surface area contributed by atoms with Crippen LogP contribution in [0.25, 0.3) is 5.70 Å². The number of carbonyl (C=O) groups excluding carboxylic acids is 1. The molecule has 1 aromatic heterocycles. The highest BCUT2D eigenvalue weighted by Gasteiger charge is 2.30. The number of hydrogen-bond acceptors (Lipinski definition) is 6. The molecule has 1 atom stereocenters. The maximum Gasteiger partial charge on any atom is 0.416 e. The van der Waals surface area contributed by atoms with Gasteiger partial charge in [-0.15, -0.1) is 11.3 Å². The Kier molecular flexibility index (Phi) is 8.52. The topological polar surface area (TPSA) is 113 Å². The zero-order valence-corrected chi connectivity index (χ0v) is 20.6. The van der Waals surface area contributed by atoms with E-state index in [1.165, 1.54) is 23.2 Å². The minimum atomic E-state index is -4.45. The van der Waals surface area contributed by atoms with Crippen molar-refractivity contribution in [3.05, 3.63) is 68.2 Å². The molecule has 0 saturated carbocycles. The zero-order valence-electron chi connectivity index (χ0n) is 17.4. The van der Waals surface area contributed by atoms with E-state index in [9.17, 15) is 22.2 Å². The Labute approximate surface area is 210 Å². The fourth-order valence-electron chi connectivity index (χ4n) is 3.21. The lowest BCUT2D eigenvalue weighted by Gasteiger charge is -2.31. The van der Waals surface area contributed by atoms with Gasteiger partial charge in [-0.2, -0.15) is 13.2 Å². The smallest absolute Gasteiger partial charge is 0.397 e. The maximum absolute atomic E-state index is 12.8. The monoisotopic (exact) mass is 553 g/mol. The molecule has 1 fully saturated rings. The molecule has 6 N–H and O–H groups in total. The fourth-order valence-corrected chi connectivity index (χ4v) is 5.76. The number of carbonyl (C=O) groups is 1. The lowest BCUT2D eigenvalue weighted by Crippen LogP contribution is -2.38. The molecule has 1 aliphatic rings. The Morgan fingerprint density at radius 2 is 1.94 bits per heavy atom. The van der Waals surface area contributed by atoms with E-state index < -0.39 is 28.8 Å². The van der Waals surface area contributed by atoms with Gasteiger partial charge in [0.15, 0.2) is 11.0 Å². The highest BCUT2D eigenvalue weighted by molar-refractivity contribution is 7.86. The summed E-state index contributed by atoms with van der Waals surface area (Å²) in [6, 6.07) is 5.21. The minimum Gasteiger partial charge on any atom is -0.397 e. The van der Waals surface area contributed by atoms with E-state index in [0.717, 1.165) is 35.5 Å².